The molecule has 0 spiro atoms. The summed E-state index contributed by atoms with van der Waals surface area (Å²) in [7, 11) is 0. The van der Waals surface area contributed by atoms with E-state index in [0.29, 0.717) is 12.4 Å². The third kappa shape index (κ3) is 3.33. The minimum Gasteiger partial charge on any atom is -0.405 e. The summed E-state index contributed by atoms with van der Waals surface area (Å²) >= 11 is 0. The van der Waals surface area contributed by atoms with Gasteiger partial charge in [-0.3, -0.25) is 4.79 Å². The summed E-state index contributed by atoms with van der Waals surface area (Å²) in [5, 5.41) is 0. The number of carbonyl (C=O) groups excluding carboxylic acids is 1. The van der Waals surface area contributed by atoms with Gasteiger partial charge in [-0.2, -0.15) is 4.57 Å². The Bertz CT molecular complexity index is 361. The zero-order valence-corrected chi connectivity index (χ0v) is 10.4. The number of ether oxygens (including phenoxy) is 1. The van der Waals surface area contributed by atoms with Crippen LogP contribution in [0.2, 0.25) is 0 Å². The van der Waals surface area contributed by atoms with Gasteiger partial charge in [-0.15, -0.1) is 0 Å². The maximum Gasteiger partial charge on any atom is 0.301 e. The first kappa shape index (κ1) is 12.7. The third-order valence-electron chi connectivity index (χ3n) is 2.61. The number of nitrogens with zero attached hydrogens (tertiary/aromatic N) is 1. The van der Waals surface area contributed by atoms with Gasteiger partial charge in [-0.05, 0) is 24.8 Å². The van der Waals surface area contributed by atoms with E-state index in [9.17, 15) is 4.79 Å². The molecule has 1 rings (SSSR count). The number of rotatable bonds is 5. The molecule has 3 heteroatoms. The Kier molecular flexibility index (Phi) is 4.47. The number of pyridine rings is 1. The fraction of sp³-hybridized carbons (Fsp3) is 0.538. The lowest BCUT2D eigenvalue weighted by Crippen LogP contribution is -2.39. The summed E-state index contributed by atoms with van der Waals surface area (Å²) < 4.78 is 6.83. The van der Waals surface area contributed by atoms with Gasteiger partial charge in [0.2, 0.25) is 0 Å². The van der Waals surface area contributed by atoms with E-state index in [1.54, 1.807) is 0 Å². The van der Waals surface area contributed by atoms with Gasteiger partial charge in [0.05, 0.1) is 0 Å². The van der Waals surface area contributed by atoms with Gasteiger partial charge in [-0.1, -0.05) is 13.8 Å². The second-order valence-electron chi connectivity index (χ2n) is 4.53. The van der Waals surface area contributed by atoms with Crippen LogP contribution in [0.3, 0.4) is 0 Å². The Morgan fingerprint density at radius 2 is 2.12 bits per heavy atom. The lowest BCUT2D eigenvalue weighted by atomic mass is 10.0. The summed E-state index contributed by atoms with van der Waals surface area (Å²) in [4.78, 5) is 10.3. The SMILES string of the molecule is Cc1cc[n+](C(C)OC=O)cc1CC(C)C. The highest BCUT2D eigenvalue weighted by molar-refractivity contribution is 5.36. The van der Waals surface area contributed by atoms with Crippen molar-refractivity contribution in [2.45, 2.75) is 40.3 Å². The fourth-order valence-electron chi connectivity index (χ4n) is 1.66. The topological polar surface area (TPSA) is 30.2 Å². The van der Waals surface area contributed by atoms with Gasteiger partial charge in [-0.25, -0.2) is 0 Å². The molecule has 0 radical (unpaired) electrons. The number of carbonyl (C=O) groups is 1. The Balaban J connectivity index is 2.92. The molecule has 0 fully saturated rings. The number of aryl methyl sites for hydroxylation is 1. The molecule has 1 heterocycles. The summed E-state index contributed by atoms with van der Waals surface area (Å²) in [5.74, 6) is 0.622. The predicted molar refractivity (Wildman–Crippen MR) is 61.8 cm³/mol. The van der Waals surface area contributed by atoms with Crippen LogP contribution in [0, 0.1) is 12.8 Å². The van der Waals surface area contributed by atoms with E-state index in [-0.39, 0.29) is 6.23 Å². The van der Waals surface area contributed by atoms with Crippen LogP contribution in [0.4, 0.5) is 0 Å². The van der Waals surface area contributed by atoms with Gasteiger partial charge in [0.1, 0.15) is 0 Å². The van der Waals surface area contributed by atoms with E-state index in [1.165, 1.54) is 11.1 Å². The predicted octanol–water partition coefficient (Wildman–Crippen LogP) is 2.17. The molecule has 3 nitrogen and oxygen atoms in total. The molecule has 0 aliphatic carbocycles. The molecule has 1 aromatic heterocycles. The third-order valence-corrected chi connectivity index (χ3v) is 2.61. The van der Waals surface area contributed by atoms with Crippen molar-refractivity contribution < 1.29 is 14.1 Å². The summed E-state index contributed by atoms with van der Waals surface area (Å²) in [5.41, 5.74) is 2.59. The van der Waals surface area contributed by atoms with Gasteiger partial charge in [0.15, 0.2) is 12.4 Å². The minimum absolute atomic E-state index is 0.246. The zero-order chi connectivity index (χ0) is 12.1. The smallest absolute Gasteiger partial charge is 0.301 e. The standard InChI is InChI=1S/C13H20NO2/c1-10(2)7-13-8-14(6-5-11(13)3)12(4)16-9-15/h5-6,8-10,12H,7H2,1-4H3/q+1. The van der Waals surface area contributed by atoms with Crippen molar-refractivity contribution in [3.05, 3.63) is 29.6 Å². The van der Waals surface area contributed by atoms with E-state index < -0.39 is 0 Å². The van der Waals surface area contributed by atoms with Crippen molar-refractivity contribution in [3.63, 3.8) is 0 Å². The Morgan fingerprint density at radius 1 is 1.44 bits per heavy atom. The summed E-state index contributed by atoms with van der Waals surface area (Å²) in [6, 6.07) is 2.06. The molecule has 16 heavy (non-hydrogen) atoms. The molecule has 1 atom stereocenters. The largest absolute Gasteiger partial charge is 0.405 e. The molecule has 88 valence electrons. The monoisotopic (exact) mass is 222 g/mol. The van der Waals surface area contributed by atoms with Crippen LogP contribution in [0.25, 0.3) is 0 Å². The van der Waals surface area contributed by atoms with Crippen LogP contribution in [0.15, 0.2) is 18.5 Å². The van der Waals surface area contributed by atoms with Crippen LogP contribution in [0.1, 0.15) is 38.1 Å². The molecule has 0 saturated heterocycles. The van der Waals surface area contributed by atoms with Crippen molar-refractivity contribution in [1.29, 1.82) is 0 Å². The molecule has 0 N–H and O–H groups in total. The van der Waals surface area contributed by atoms with E-state index in [4.69, 9.17) is 4.74 Å². The van der Waals surface area contributed by atoms with Crippen molar-refractivity contribution in [1.82, 2.24) is 0 Å². The molecule has 1 aromatic rings. The van der Waals surface area contributed by atoms with Gasteiger partial charge < -0.3 is 4.74 Å². The average Bonchev–Trinajstić information content (AvgIpc) is 2.21. The van der Waals surface area contributed by atoms with Crippen LogP contribution in [0.5, 0.6) is 0 Å². The summed E-state index contributed by atoms with van der Waals surface area (Å²) in [6.45, 7) is 8.83. The molecular formula is C13H20NO2+. The highest BCUT2D eigenvalue weighted by Gasteiger charge is 2.14. The van der Waals surface area contributed by atoms with Crippen LogP contribution in [-0.4, -0.2) is 6.47 Å². The first-order chi connectivity index (χ1) is 7.54. The lowest BCUT2D eigenvalue weighted by Gasteiger charge is -2.09. The lowest BCUT2D eigenvalue weighted by molar-refractivity contribution is -0.753. The van der Waals surface area contributed by atoms with E-state index in [1.807, 2.05) is 17.7 Å². The highest BCUT2D eigenvalue weighted by Crippen LogP contribution is 2.11. The number of aromatic nitrogens is 1. The van der Waals surface area contributed by atoms with Crippen molar-refractivity contribution in [2.75, 3.05) is 0 Å². The second-order valence-corrected chi connectivity index (χ2v) is 4.53. The van der Waals surface area contributed by atoms with Gasteiger partial charge in [0, 0.05) is 18.6 Å². The number of hydrogen-bond acceptors (Lipinski definition) is 2. The van der Waals surface area contributed by atoms with Crippen molar-refractivity contribution in [2.24, 2.45) is 5.92 Å². The van der Waals surface area contributed by atoms with E-state index in [0.717, 1.165) is 6.42 Å². The minimum atomic E-state index is -0.246. The molecule has 0 aliphatic rings. The molecule has 0 amide bonds. The average molecular weight is 222 g/mol. The maximum atomic E-state index is 10.3. The van der Waals surface area contributed by atoms with Crippen LogP contribution in [-0.2, 0) is 16.0 Å². The molecule has 0 saturated carbocycles. The van der Waals surface area contributed by atoms with Gasteiger partial charge in [0.25, 0.3) is 6.47 Å². The van der Waals surface area contributed by atoms with Crippen molar-refractivity contribution >= 4 is 6.47 Å². The maximum absolute atomic E-state index is 10.3. The van der Waals surface area contributed by atoms with E-state index in [2.05, 4.69) is 33.0 Å². The Morgan fingerprint density at radius 3 is 2.69 bits per heavy atom. The molecular weight excluding hydrogens is 202 g/mol. The first-order valence-electron chi connectivity index (χ1n) is 5.64. The normalized spacial score (nSPS) is 12.6. The first-order valence-corrected chi connectivity index (χ1v) is 5.64. The quantitative estimate of drug-likeness (QED) is 0.564. The van der Waals surface area contributed by atoms with Crippen molar-refractivity contribution in [3.8, 4) is 0 Å². The number of hydrogen-bond donors (Lipinski definition) is 0. The highest BCUT2D eigenvalue weighted by atomic mass is 16.5. The fourth-order valence-corrected chi connectivity index (χ4v) is 1.66. The Labute approximate surface area is 97.1 Å². The van der Waals surface area contributed by atoms with Gasteiger partial charge >= 0.3 is 6.23 Å². The second kappa shape index (κ2) is 5.64. The molecule has 0 aromatic carbocycles. The van der Waals surface area contributed by atoms with E-state index >= 15 is 0 Å². The van der Waals surface area contributed by atoms with Crippen LogP contribution < -0.4 is 4.57 Å². The summed E-state index contributed by atoms with van der Waals surface area (Å²) in [6.07, 6.45) is 4.79. The molecule has 0 aliphatic heterocycles. The molecule has 0 bridgehead atoms. The van der Waals surface area contributed by atoms with Crippen LogP contribution >= 0.6 is 0 Å². The Hall–Kier alpha value is -1.38. The zero-order valence-electron chi connectivity index (χ0n) is 10.4. The molecule has 1 unspecified atom stereocenters.